The Labute approximate surface area is 170 Å². The van der Waals surface area contributed by atoms with Crippen LogP contribution in [-0.4, -0.2) is 52.3 Å². The molecule has 158 valence electrons. The van der Waals surface area contributed by atoms with Crippen LogP contribution in [0.2, 0.25) is 0 Å². The number of hydrogen-bond acceptors (Lipinski definition) is 6. The van der Waals surface area contributed by atoms with Crippen LogP contribution < -0.4 is 15.1 Å². The van der Waals surface area contributed by atoms with Crippen molar-refractivity contribution in [2.24, 2.45) is 5.92 Å². The zero-order valence-electron chi connectivity index (χ0n) is 16.1. The smallest absolute Gasteiger partial charge is 0.366 e. The second-order valence-corrected chi connectivity index (χ2v) is 7.41. The van der Waals surface area contributed by atoms with E-state index in [0.717, 1.165) is 6.92 Å². The van der Waals surface area contributed by atoms with E-state index in [0.29, 0.717) is 25.2 Å². The Morgan fingerprint density at radius 1 is 1.30 bits per heavy atom. The summed E-state index contributed by atoms with van der Waals surface area (Å²) in [6, 6.07) is 5.62. The Morgan fingerprint density at radius 3 is 2.80 bits per heavy atom. The van der Waals surface area contributed by atoms with Crippen molar-refractivity contribution >= 4 is 29.1 Å². The first-order valence-corrected chi connectivity index (χ1v) is 9.48. The molecule has 2 aliphatic heterocycles. The Kier molecular flexibility index (Phi) is 5.04. The summed E-state index contributed by atoms with van der Waals surface area (Å²) in [5, 5.41) is 10.2. The monoisotopic (exact) mass is 420 g/mol. The molecule has 2 aromatic rings. The number of aromatic nitrogens is 3. The lowest BCUT2D eigenvalue weighted by atomic mass is 10.0. The van der Waals surface area contributed by atoms with Crippen LogP contribution in [0.25, 0.3) is 0 Å². The van der Waals surface area contributed by atoms with Crippen molar-refractivity contribution in [1.29, 1.82) is 0 Å². The van der Waals surface area contributed by atoms with Gasteiger partial charge in [0.1, 0.15) is 5.69 Å². The second-order valence-electron chi connectivity index (χ2n) is 7.41. The number of nitrogens with zero attached hydrogens (tertiary/aromatic N) is 5. The Morgan fingerprint density at radius 2 is 2.10 bits per heavy atom. The lowest BCUT2D eigenvalue weighted by Crippen LogP contribution is -2.48. The van der Waals surface area contributed by atoms with Gasteiger partial charge >= 0.3 is 12.2 Å². The minimum Gasteiger partial charge on any atom is -0.366 e. The number of hydrogen-bond donors (Lipinski definition) is 1. The summed E-state index contributed by atoms with van der Waals surface area (Å²) in [6.07, 6.45) is -2.98. The molecule has 30 heavy (non-hydrogen) atoms. The van der Waals surface area contributed by atoms with Crippen molar-refractivity contribution in [2.45, 2.75) is 32.0 Å². The zero-order chi connectivity index (χ0) is 21.5. The molecule has 1 fully saturated rings. The van der Waals surface area contributed by atoms with Crippen molar-refractivity contribution in [3.05, 3.63) is 36.2 Å². The number of amides is 2. The van der Waals surface area contributed by atoms with Crippen molar-refractivity contribution < 1.29 is 22.8 Å². The maximum Gasteiger partial charge on any atom is 0.391 e. The molecule has 1 N–H and O–H groups in total. The standard InChI is InChI=1S/C19H19F3N6O2/c1-11(19(20,21)22)9-15(29)13-4-5-14-17(24-13)28(12-6-8-27(14)10-12)18(30)25-16-3-2-7-23-26-16/h2-5,7,11-12H,6,8-10H2,1H3,(H,25,26,30)/t11?,12-/m0/s1. The predicted octanol–water partition coefficient (Wildman–Crippen LogP) is 3.27. The SMILES string of the molecule is CC(CC(=O)c1ccc2c(n1)N(C(=O)Nc1cccnn1)[C@H]1CCN2C1)C(F)(F)F. The fraction of sp³-hybridized carbons (Fsp3) is 0.421. The van der Waals surface area contributed by atoms with Gasteiger partial charge in [0.25, 0.3) is 0 Å². The molecule has 8 nitrogen and oxygen atoms in total. The lowest BCUT2D eigenvalue weighted by Gasteiger charge is -2.35. The average Bonchev–Trinajstić information content (AvgIpc) is 3.12. The van der Waals surface area contributed by atoms with Crippen LogP contribution in [-0.2, 0) is 0 Å². The third kappa shape index (κ3) is 3.79. The number of ketones is 1. The number of carbonyl (C=O) groups is 2. The molecular weight excluding hydrogens is 401 g/mol. The summed E-state index contributed by atoms with van der Waals surface area (Å²) in [6.45, 7) is 2.29. The van der Waals surface area contributed by atoms with Crippen LogP contribution in [0.5, 0.6) is 0 Å². The minimum absolute atomic E-state index is 0.0929. The summed E-state index contributed by atoms with van der Waals surface area (Å²) >= 11 is 0. The number of alkyl halides is 3. The molecule has 0 aliphatic carbocycles. The third-order valence-electron chi connectivity index (χ3n) is 5.31. The first kappa shape index (κ1) is 20.0. The molecule has 0 spiro atoms. The van der Waals surface area contributed by atoms with Crippen LogP contribution in [0.3, 0.4) is 0 Å². The van der Waals surface area contributed by atoms with Crippen molar-refractivity contribution in [1.82, 2.24) is 15.2 Å². The number of pyridine rings is 1. The van der Waals surface area contributed by atoms with E-state index in [1.807, 2.05) is 4.90 Å². The van der Waals surface area contributed by atoms with Crippen LogP contribution in [0, 0.1) is 5.92 Å². The van der Waals surface area contributed by atoms with Crippen molar-refractivity contribution in [2.75, 3.05) is 28.2 Å². The molecule has 2 amide bonds. The molecule has 4 heterocycles. The van der Waals surface area contributed by atoms with Gasteiger partial charge in [0.2, 0.25) is 0 Å². The fourth-order valence-electron chi connectivity index (χ4n) is 3.66. The second kappa shape index (κ2) is 7.54. The molecule has 0 saturated carbocycles. The molecule has 2 aliphatic rings. The highest BCUT2D eigenvalue weighted by Crippen LogP contribution is 2.39. The predicted molar refractivity (Wildman–Crippen MR) is 103 cm³/mol. The summed E-state index contributed by atoms with van der Waals surface area (Å²) in [5.41, 5.74) is 0.572. The Hall–Kier alpha value is -3.24. The van der Waals surface area contributed by atoms with E-state index in [1.165, 1.54) is 17.2 Å². The number of carbonyl (C=O) groups excluding carboxylic acids is 2. The van der Waals surface area contributed by atoms with E-state index in [9.17, 15) is 22.8 Å². The van der Waals surface area contributed by atoms with Gasteiger partial charge in [-0.05, 0) is 30.7 Å². The van der Waals surface area contributed by atoms with Crippen LogP contribution in [0.1, 0.15) is 30.3 Å². The molecule has 1 saturated heterocycles. The Balaban J connectivity index is 1.63. The van der Waals surface area contributed by atoms with E-state index in [4.69, 9.17) is 0 Å². The van der Waals surface area contributed by atoms with Gasteiger partial charge in [-0.2, -0.15) is 18.3 Å². The number of nitrogens with one attached hydrogen (secondary N) is 1. The van der Waals surface area contributed by atoms with Gasteiger partial charge in [-0.25, -0.2) is 9.78 Å². The molecule has 0 aromatic carbocycles. The van der Waals surface area contributed by atoms with E-state index < -0.39 is 30.3 Å². The molecule has 2 bridgehead atoms. The van der Waals surface area contributed by atoms with Gasteiger partial charge in [0, 0.05) is 25.7 Å². The minimum atomic E-state index is -4.46. The van der Waals surface area contributed by atoms with Crippen molar-refractivity contribution in [3.8, 4) is 0 Å². The first-order chi connectivity index (χ1) is 14.2. The lowest BCUT2D eigenvalue weighted by molar-refractivity contribution is -0.168. The number of rotatable bonds is 4. The molecule has 4 rings (SSSR count). The molecule has 0 radical (unpaired) electrons. The van der Waals surface area contributed by atoms with E-state index in [-0.39, 0.29) is 23.4 Å². The van der Waals surface area contributed by atoms with Gasteiger partial charge in [0.15, 0.2) is 17.4 Å². The molecule has 2 aromatic heterocycles. The topological polar surface area (TPSA) is 91.3 Å². The van der Waals surface area contributed by atoms with E-state index in [1.54, 1.807) is 18.2 Å². The van der Waals surface area contributed by atoms with Crippen molar-refractivity contribution in [3.63, 3.8) is 0 Å². The van der Waals surface area contributed by atoms with E-state index in [2.05, 4.69) is 20.5 Å². The zero-order valence-corrected chi connectivity index (χ0v) is 16.1. The number of urea groups is 1. The van der Waals surface area contributed by atoms with Gasteiger partial charge in [0.05, 0.1) is 17.6 Å². The number of fused-ring (bicyclic) bond motifs is 4. The highest BCUT2D eigenvalue weighted by molar-refractivity contribution is 6.05. The summed E-state index contributed by atoms with van der Waals surface area (Å²) < 4.78 is 38.5. The molecular formula is C19H19F3N6O2. The fourth-order valence-corrected chi connectivity index (χ4v) is 3.66. The highest BCUT2D eigenvalue weighted by atomic mass is 19.4. The maximum absolute atomic E-state index is 13.0. The highest BCUT2D eigenvalue weighted by Gasteiger charge is 2.41. The summed E-state index contributed by atoms with van der Waals surface area (Å²) in [5.74, 6) is -1.98. The van der Waals surface area contributed by atoms with Gasteiger partial charge in [-0.15, -0.1) is 5.10 Å². The number of Topliss-reactive ketones (excluding diaryl/α,β-unsaturated/α-hetero) is 1. The molecule has 2 atom stereocenters. The van der Waals surface area contributed by atoms with E-state index >= 15 is 0 Å². The first-order valence-electron chi connectivity index (χ1n) is 9.48. The maximum atomic E-state index is 13.0. The normalized spacial score (nSPS) is 18.7. The Bertz CT molecular complexity index is 968. The average molecular weight is 420 g/mol. The largest absolute Gasteiger partial charge is 0.391 e. The number of anilines is 3. The summed E-state index contributed by atoms with van der Waals surface area (Å²) in [4.78, 5) is 33.2. The molecule has 1 unspecified atom stereocenters. The van der Waals surface area contributed by atoms with Gasteiger partial charge in [-0.1, -0.05) is 6.92 Å². The van der Waals surface area contributed by atoms with Crippen LogP contribution in [0.15, 0.2) is 30.5 Å². The number of halogens is 3. The summed E-state index contributed by atoms with van der Waals surface area (Å²) in [7, 11) is 0. The van der Waals surface area contributed by atoms with Gasteiger partial charge in [-0.3, -0.25) is 15.0 Å². The van der Waals surface area contributed by atoms with Crippen LogP contribution >= 0.6 is 0 Å². The molecule has 11 heteroatoms. The van der Waals surface area contributed by atoms with Crippen LogP contribution in [0.4, 0.5) is 35.3 Å². The van der Waals surface area contributed by atoms with Gasteiger partial charge < -0.3 is 4.90 Å². The quantitative estimate of drug-likeness (QED) is 0.764. The third-order valence-corrected chi connectivity index (χ3v) is 5.31.